The predicted octanol–water partition coefficient (Wildman–Crippen LogP) is 3.32. The summed E-state index contributed by atoms with van der Waals surface area (Å²) in [4.78, 5) is 12.1. The molecule has 0 amide bonds. The normalized spacial score (nSPS) is 19.4. The number of ether oxygens (including phenoxy) is 2. The first kappa shape index (κ1) is 15.0. The molecule has 1 atom stereocenters. The molecule has 1 unspecified atom stereocenters. The van der Waals surface area contributed by atoms with Crippen LogP contribution < -0.4 is 0 Å². The molecule has 0 aliphatic carbocycles. The van der Waals surface area contributed by atoms with Crippen LogP contribution in [0.5, 0.6) is 0 Å². The van der Waals surface area contributed by atoms with Crippen molar-refractivity contribution in [3.8, 4) is 0 Å². The Balaban J connectivity index is 1.89. The van der Waals surface area contributed by atoms with Crippen LogP contribution in [-0.4, -0.2) is 26.8 Å². The van der Waals surface area contributed by atoms with Crippen molar-refractivity contribution in [2.24, 2.45) is 0 Å². The smallest absolute Gasteiger partial charge is 0.335 e. The van der Waals surface area contributed by atoms with Gasteiger partial charge in [0.25, 0.3) is 0 Å². The van der Waals surface area contributed by atoms with Crippen molar-refractivity contribution >= 4 is 14.0 Å². The Morgan fingerprint density at radius 3 is 2.65 bits per heavy atom. The van der Waals surface area contributed by atoms with Gasteiger partial charge in [-0.15, -0.1) is 0 Å². The van der Waals surface area contributed by atoms with E-state index in [0.717, 1.165) is 5.56 Å². The molecule has 1 aromatic rings. The van der Waals surface area contributed by atoms with Crippen molar-refractivity contribution in [3.05, 3.63) is 47.2 Å². The Morgan fingerprint density at radius 1 is 1.30 bits per heavy atom. The summed E-state index contributed by atoms with van der Waals surface area (Å²) in [5, 5.41) is 1.39. The molecule has 0 bridgehead atoms. The van der Waals surface area contributed by atoms with Crippen LogP contribution in [0.15, 0.2) is 41.6 Å². The Labute approximate surface area is 121 Å². The van der Waals surface area contributed by atoms with Crippen molar-refractivity contribution in [1.29, 1.82) is 0 Å². The first-order valence-corrected chi connectivity index (χ1v) is 10.5. The van der Waals surface area contributed by atoms with Gasteiger partial charge in [0.15, 0.2) is 6.10 Å². The topological polar surface area (TPSA) is 35.5 Å². The van der Waals surface area contributed by atoms with Gasteiger partial charge in [0, 0.05) is 6.42 Å². The molecule has 0 spiro atoms. The van der Waals surface area contributed by atoms with Crippen molar-refractivity contribution in [2.75, 3.05) is 6.61 Å². The van der Waals surface area contributed by atoms with E-state index in [1.54, 1.807) is 0 Å². The molecule has 1 aliphatic heterocycles. The fraction of sp³-hybridized carbons (Fsp3) is 0.438. The van der Waals surface area contributed by atoms with E-state index in [9.17, 15) is 4.79 Å². The Hall–Kier alpha value is -1.39. The van der Waals surface area contributed by atoms with Gasteiger partial charge in [-0.1, -0.05) is 61.2 Å². The number of benzene rings is 1. The van der Waals surface area contributed by atoms with Crippen molar-refractivity contribution in [2.45, 2.75) is 38.8 Å². The van der Waals surface area contributed by atoms with Gasteiger partial charge in [0.05, 0.1) is 14.7 Å². The molecule has 0 saturated carbocycles. The maximum Gasteiger partial charge on any atom is 0.335 e. The van der Waals surface area contributed by atoms with Gasteiger partial charge in [-0.3, -0.25) is 0 Å². The highest BCUT2D eigenvalue weighted by Crippen LogP contribution is 2.25. The van der Waals surface area contributed by atoms with Gasteiger partial charge in [-0.25, -0.2) is 4.79 Å². The van der Waals surface area contributed by atoms with Crippen LogP contribution in [0, 0.1) is 0 Å². The summed E-state index contributed by atoms with van der Waals surface area (Å²) in [5.74, 6) is -0.252. The summed E-state index contributed by atoms with van der Waals surface area (Å²) < 4.78 is 10.9. The van der Waals surface area contributed by atoms with E-state index in [1.165, 1.54) is 5.20 Å². The van der Waals surface area contributed by atoms with Crippen LogP contribution in [0.2, 0.25) is 19.6 Å². The van der Waals surface area contributed by atoms with Crippen LogP contribution in [0.25, 0.3) is 0 Å². The SMILES string of the molecule is C[Si](C)(C)C1=CCOC(C(=O)OCc2ccccc2)C1. The van der Waals surface area contributed by atoms with E-state index in [4.69, 9.17) is 9.47 Å². The zero-order chi connectivity index (χ0) is 14.6. The minimum absolute atomic E-state index is 0.252. The van der Waals surface area contributed by atoms with Gasteiger partial charge in [0.2, 0.25) is 0 Å². The highest BCUT2D eigenvalue weighted by atomic mass is 28.3. The molecule has 0 fully saturated rings. The number of carbonyl (C=O) groups is 1. The maximum atomic E-state index is 12.1. The zero-order valence-electron chi connectivity index (χ0n) is 12.4. The first-order valence-electron chi connectivity index (χ1n) is 6.98. The summed E-state index contributed by atoms with van der Waals surface area (Å²) >= 11 is 0. The third-order valence-electron chi connectivity index (χ3n) is 3.48. The molecule has 0 saturated heterocycles. The fourth-order valence-corrected chi connectivity index (χ4v) is 3.69. The lowest BCUT2D eigenvalue weighted by Crippen LogP contribution is -2.36. The van der Waals surface area contributed by atoms with E-state index in [2.05, 4.69) is 25.7 Å². The van der Waals surface area contributed by atoms with Crippen molar-refractivity contribution < 1.29 is 14.3 Å². The quantitative estimate of drug-likeness (QED) is 0.630. The predicted molar refractivity (Wildman–Crippen MR) is 82.0 cm³/mol. The van der Waals surface area contributed by atoms with Gasteiger partial charge in [-0.2, -0.15) is 0 Å². The van der Waals surface area contributed by atoms with Crippen LogP contribution in [0.3, 0.4) is 0 Å². The second kappa shape index (κ2) is 6.37. The molecule has 3 nitrogen and oxygen atoms in total. The lowest BCUT2D eigenvalue weighted by atomic mass is 10.2. The van der Waals surface area contributed by atoms with Crippen LogP contribution in [0.4, 0.5) is 0 Å². The molecule has 0 radical (unpaired) electrons. The van der Waals surface area contributed by atoms with Crippen LogP contribution in [-0.2, 0) is 20.9 Å². The van der Waals surface area contributed by atoms with Gasteiger partial charge >= 0.3 is 5.97 Å². The minimum atomic E-state index is -1.36. The summed E-state index contributed by atoms with van der Waals surface area (Å²) in [6.07, 6.45) is 2.38. The summed E-state index contributed by atoms with van der Waals surface area (Å²) in [5.41, 5.74) is 0.998. The molecule has 1 aromatic carbocycles. The average molecular weight is 290 g/mol. The summed E-state index contributed by atoms with van der Waals surface area (Å²) in [6.45, 7) is 7.69. The number of rotatable bonds is 4. The van der Waals surface area contributed by atoms with Crippen molar-refractivity contribution in [1.82, 2.24) is 0 Å². The molecule has 1 heterocycles. The molecule has 108 valence electrons. The van der Waals surface area contributed by atoms with E-state index in [0.29, 0.717) is 19.6 Å². The lowest BCUT2D eigenvalue weighted by molar-refractivity contribution is -0.158. The second-order valence-corrected chi connectivity index (χ2v) is 11.2. The highest BCUT2D eigenvalue weighted by Gasteiger charge is 2.30. The zero-order valence-corrected chi connectivity index (χ0v) is 13.4. The standard InChI is InChI=1S/C16H22O3Si/c1-20(2,3)14-9-10-18-15(11-14)16(17)19-12-13-7-5-4-6-8-13/h4-9,15H,10-12H2,1-3H3. The van der Waals surface area contributed by atoms with Crippen LogP contribution in [0.1, 0.15) is 12.0 Å². The van der Waals surface area contributed by atoms with Gasteiger partial charge < -0.3 is 9.47 Å². The van der Waals surface area contributed by atoms with E-state index < -0.39 is 14.2 Å². The Morgan fingerprint density at radius 2 is 2.00 bits per heavy atom. The summed E-state index contributed by atoms with van der Waals surface area (Å²) in [6, 6.07) is 9.71. The largest absolute Gasteiger partial charge is 0.459 e. The molecular formula is C16H22O3Si. The second-order valence-electron chi connectivity index (χ2n) is 6.10. The number of hydrogen-bond donors (Lipinski definition) is 0. The maximum absolute atomic E-state index is 12.1. The number of carbonyl (C=O) groups excluding carboxylic acids is 1. The van der Waals surface area contributed by atoms with E-state index >= 15 is 0 Å². The molecule has 20 heavy (non-hydrogen) atoms. The molecular weight excluding hydrogens is 268 g/mol. The average Bonchev–Trinajstić information content (AvgIpc) is 2.45. The molecule has 0 N–H and O–H groups in total. The van der Waals surface area contributed by atoms with Crippen LogP contribution >= 0.6 is 0 Å². The monoisotopic (exact) mass is 290 g/mol. The lowest BCUT2D eigenvalue weighted by Gasteiger charge is -2.28. The van der Waals surface area contributed by atoms with Gasteiger partial charge in [0.1, 0.15) is 6.61 Å². The summed E-state index contributed by atoms with van der Waals surface area (Å²) in [7, 11) is -1.36. The Bertz CT molecular complexity index is 488. The number of hydrogen-bond acceptors (Lipinski definition) is 3. The number of esters is 1. The molecule has 4 heteroatoms. The Kier molecular flexibility index (Phi) is 4.78. The third-order valence-corrected chi connectivity index (χ3v) is 5.82. The molecule has 2 rings (SSSR count). The first-order chi connectivity index (χ1) is 9.47. The molecule has 0 aromatic heterocycles. The fourth-order valence-electron chi connectivity index (χ4n) is 2.19. The minimum Gasteiger partial charge on any atom is -0.459 e. The van der Waals surface area contributed by atoms with E-state index in [-0.39, 0.29) is 5.97 Å². The van der Waals surface area contributed by atoms with Crippen molar-refractivity contribution in [3.63, 3.8) is 0 Å². The third kappa shape index (κ3) is 4.05. The molecule has 1 aliphatic rings. The highest BCUT2D eigenvalue weighted by molar-refractivity contribution is 6.83. The van der Waals surface area contributed by atoms with E-state index in [1.807, 2.05) is 30.3 Å². The van der Waals surface area contributed by atoms with Gasteiger partial charge in [-0.05, 0) is 5.56 Å².